The van der Waals surface area contributed by atoms with Gasteiger partial charge in [-0.15, -0.1) is 13.2 Å². The fraction of sp³-hybridized carbons (Fsp3) is 0.278. The maximum Gasteiger partial charge on any atom is 0.573 e. The Hall–Kier alpha value is -2.46. The fourth-order valence-electron chi connectivity index (χ4n) is 2.64. The zero-order chi connectivity index (χ0) is 21.8. The Morgan fingerprint density at radius 1 is 1.21 bits per heavy atom. The molecule has 1 amide bonds. The SMILES string of the molecule is CCC(C(=O)Nc1ccc(OC(F)(F)F)cc1)N(c1cccc(Cl)c1)S(C)(=O)=O. The molecule has 2 aromatic carbocycles. The maximum atomic E-state index is 12.7. The molecule has 0 aliphatic heterocycles. The predicted molar refractivity (Wildman–Crippen MR) is 105 cm³/mol. The number of amides is 1. The maximum absolute atomic E-state index is 12.7. The molecule has 0 fully saturated rings. The van der Waals surface area contributed by atoms with E-state index in [-0.39, 0.29) is 17.8 Å². The van der Waals surface area contributed by atoms with Gasteiger partial charge in [-0.05, 0) is 48.9 Å². The van der Waals surface area contributed by atoms with Crippen LogP contribution in [0.2, 0.25) is 5.02 Å². The number of hydrogen-bond donors (Lipinski definition) is 1. The Morgan fingerprint density at radius 3 is 2.31 bits per heavy atom. The second kappa shape index (κ2) is 8.91. The molecule has 0 aliphatic carbocycles. The van der Waals surface area contributed by atoms with Gasteiger partial charge < -0.3 is 10.1 Å². The number of benzene rings is 2. The van der Waals surface area contributed by atoms with E-state index in [0.717, 1.165) is 22.7 Å². The summed E-state index contributed by atoms with van der Waals surface area (Å²) in [7, 11) is -3.84. The Bertz CT molecular complexity index is 966. The van der Waals surface area contributed by atoms with E-state index in [9.17, 15) is 26.4 Å². The van der Waals surface area contributed by atoms with Crippen molar-refractivity contribution in [2.45, 2.75) is 25.7 Å². The van der Waals surface area contributed by atoms with Crippen molar-refractivity contribution in [1.29, 1.82) is 0 Å². The number of sulfonamides is 1. The molecule has 0 aromatic heterocycles. The van der Waals surface area contributed by atoms with Gasteiger partial charge in [0.1, 0.15) is 11.8 Å². The van der Waals surface area contributed by atoms with E-state index in [1.54, 1.807) is 19.1 Å². The lowest BCUT2D eigenvalue weighted by Gasteiger charge is -2.30. The van der Waals surface area contributed by atoms with Crippen molar-refractivity contribution in [3.8, 4) is 5.75 Å². The third-order valence-electron chi connectivity index (χ3n) is 3.75. The molecule has 1 atom stereocenters. The van der Waals surface area contributed by atoms with Gasteiger partial charge in [-0.25, -0.2) is 8.42 Å². The van der Waals surface area contributed by atoms with Crippen LogP contribution < -0.4 is 14.4 Å². The van der Waals surface area contributed by atoms with Gasteiger partial charge in [0.15, 0.2) is 0 Å². The molecule has 1 unspecified atom stereocenters. The van der Waals surface area contributed by atoms with Gasteiger partial charge in [0.25, 0.3) is 0 Å². The van der Waals surface area contributed by atoms with Gasteiger partial charge in [0.05, 0.1) is 11.9 Å². The summed E-state index contributed by atoms with van der Waals surface area (Å²) in [4.78, 5) is 12.7. The number of rotatable bonds is 7. The van der Waals surface area contributed by atoms with Crippen LogP contribution in [0, 0.1) is 0 Å². The first-order valence-corrected chi connectivity index (χ1v) is 10.5. The number of halogens is 4. The van der Waals surface area contributed by atoms with Gasteiger partial charge in [0.2, 0.25) is 15.9 Å². The summed E-state index contributed by atoms with van der Waals surface area (Å²) in [5.41, 5.74) is 0.401. The molecule has 0 bridgehead atoms. The highest BCUT2D eigenvalue weighted by Crippen LogP contribution is 2.27. The summed E-state index contributed by atoms with van der Waals surface area (Å²) in [6, 6.07) is 9.45. The van der Waals surface area contributed by atoms with Gasteiger partial charge in [-0.1, -0.05) is 24.6 Å². The molecule has 0 saturated heterocycles. The molecule has 29 heavy (non-hydrogen) atoms. The van der Waals surface area contributed by atoms with Crippen LogP contribution in [0.3, 0.4) is 0 Å². The number of ether oxygens (including phenoxy) is 1. The topological polar surface area (TPSA) is 75.7 Å². The minimum absolute atomic E-state index is 0.140. The standard InChI is InChI=1S/C18H18ClF3N2O4S/c1-3-16(24(29(2,26)27)14-6-4-5-12(19)11-14)17(25)23-13-7-9-15(10-8-13)28-18(20,21)22/h4-11,16H,3H2,1-2H3,(H,23,25). The Balaban J connectivity index is 2.26. The lowest BCUT2D eigenvalue weighted by atomic mass is 10.1. The largest absolute Gasteiger partial charge is 0.573 e. The van der Waals surface area contributed by atoms with Crippen LogP contribution in [0.25, 0.3) is 0 Å². The summed E-state index contributed by atoms with van der Waals surface area (Å²) in [6.07, 6.45) is -3.72. The number of carbonyl (C=O) groups is 1. The number of nitrogens with zero attached hydrogens (tertiary/aromatic N) is 1. The van der Waals surface area contributed by atoms with Crippen LogP contribution in [0.5, 0.6) is 5.75 Å². The normalized spacial score (nSPS) is 12.9. The molecular weight excluding hydrogens is 433 g/mol. The highest BCUT2D eigenvalue weighted by atomic mass is 35.5. The average Bonchev–Trinajstić information content (AvgIpc) is 2.58. The molecule has 0 saturated carbocycles. The van der Waals surface area contributed by atoms with Crippen LogP contribution in [0.4, 0.5) is 24.5 Å². The highest BCUT2D eigenvalue weighted by molar-refractivity contribution is 7.92. The Kier molecular flexibility index (Phi) is 7.02. The lowest BCUT2D eigenvalue weighted by molar-refractivity contribution is -0.274. The van der Waals surface area contributed by atoms with Gasteiger partial charge in [0, 0.05) is 10.7 Å². The summed E-state index contributed by atoms with van der Waals surface area (Å²) >= 11 is 5.94. The van der Waals surface area contributed by atoms with Crippen molar-refractivity contribution >= 4 is 38.9 Å². The van der Waals surface area contributed by atoms with Crippen LogP contribution in [0.1, 0.15) is 13.3 Å². The zero-order valence-electron chi connectivity index (χ0n) is 15.4. The average molecular weight is 451 g/mol. The minimum Gasteiger partial charge on any atom is -0.406 e. The lowest BCUT2D eigenvalue weighted by Crippen LogP contribution is -2.47. The van der Waals surface area contributed by atoms with Crippen molar-refractivity contribution in [2.24, 2.45) is 0 Å². The van der Waals surface area contributed by atoms with E-state index in [2.05, 4.69) is 10.1 Å². The number of alkyl halides is 3. The highest BCUT2D eigenvalue weighted by Gasteiger charge is 2.32. The van der Waals surface area contributed by atoms with E-state index < -0.39 is 34.1 Å². The van der Waals surface area contributed by atoms with E-state index in [4.69, 9.17) is 11.6 Å². The van der Waals surface area contributed by atoms with E-state index in [1.807, 2.05) is 0 Å². The monoisotopic (exact) mass is 450 g/mol. The molecule has 158 valence electrons. The molecule has 6 nitrogen and oxygen atoms in total. The summed E-state index contributed by atoms with van der Waals surface area (Å²) in [5, 5.41) is 2.80. The Morgan fingerprint density at radius 2 is 1.83 bits per heavy atom. The van der Waals surface area contributed by atoms with Crippen LogP contribution in [-0.2, 0) is 14.8 Å². The minimum atomic E-state index is -4.83. The summed E-state index contributed by atoms with van der Waals surface area (Å²) < 4.78 is 66.1. The second-order valence-corrected chi connectivity index (χ2v) is 8.32. The van der Waals surface area contributed by atoms with E-state index in [1.165, 1.54) is 24.3 Å². The van der Waals surface area contributed by atoms with Crippen molar-refractivity contribution in [2.75, 3.05) is 15.9 Å². The van der Waals surface area contributed by atoms with Crippen molar-refractivity contribution in [3.05, 3.63) is 53.6 Å². The first kappa shape index (κ1) is 22.8. The van der Waals surface area contributed by atoms with Crippen LogP contribution in [-0.4, -0.2) is 33.0 Å². The van der Waals surface area contributed by atoms with Gasteiger partial charge in [-0.2, -0.15) is 0 Å². The number of anilines is 2. The molecule has 0 spiro atoms. The predicted octanol–water partition coefficient (Wildman–Crippen LogP) is 4.42. The molecule has 0 heterocycles. The molecule has 2 aromatic rings. The van der Waals surface area contributed by atoms with Crippen molar-refractivity contribution in [1.82, 2.24) is 0 Å². The van der Waals surface area contributed by atoms with Crippen molar-refractivity contribution in [3.63, 3.8) is 0 Å². The first-order chi connectivity index (χ1) is 13.4. The smallest absolute Gasteiger partial charge is 0.406 e. The van der Waals surface area contributed by atoms with E-state index in [0.29, 0.717) is 5.02 Å². The third-order valence-corrected chi connectivity index (χ3v) is 5.16. The zero-order valence-corrected chi connectivity index (χ0v) is 17.0. The number of hydrogen-bond acceptors (Lipinski definition) is 4. The summed E-state index contributed by atoms with van der Waals surface area (Å²) in [6.45, 7) is 1.63. The molecule has 0 radical (unpaired) electrons. The third kappa shape index (κ3) is 6.53. The number of nitrogens with one attached hydrogen (secondary N) is 1. The van der Waals surface area contributed by atoms with Gasteiger partial charge in [-0.3, -0.25) is 9.10 Å². The molecular formula is C18H18ClF3N2O4S. The quantitative estimate of drug-likeness (QED) is 0.677. The van der Waals surface area contributed by atoms with Crippen LogP contribution >= 0.6 is 11.6 Å². The first-order valence-electron chi connectivity index (χ1n) is 8.32. The van der Waals surface area contributed by atoms with Crippen molar-refractivity contribution < 1.29 is 31.1 Å². The molecule has 0 aliphatic rings. The van der Waals surface area contributed by atoms with E-state index >= 15 is 0 Å². The number of carbonyl (C=O) groups excluding carboxylic acids is 1. The summed E-state index contributed by atoms with van der Waals surface area (Å²) in [5.74, 6) is -1.10. The van der Waals surface area contributed by atoms with Gasteiger partial charge >= 0.3 is 6.36 Å². The molecule has 1 N–H and O–H groups in total. The Labute approximate surface area is 171 Å². The van der Waals surface area contributed by atoms with Crippen LogP contribution in [0.15, 0.2) is 48.5 Å². The molecule has 11 heteroatoms. The second-order valence-electron chi connectivity index (χ2n) is 6.02. The fourth-order valence-corrected chi connectivity index (χ4v) is 4.03. The molecule has 2 rings (SSSR count).